The van der Waals surface area contributed by atoms with Crippen LogP contribution < -0.4 is 5.32 Å². The fourth-order valence-electron chi connectivity index (χ4n) is 1.93. The fourth-order valence-corrected chi connectivity index (χ4v) is 2.89. The first-order valence-electron chi connectivity index (χ1n) is 5.76. The van der Waals surface area contributed by atoms with Crippen LogP contribution in [0, 0.1) is 0 Å². The molecule has 86 valence electrons. The Labute approximate surface area is 105 Å². The van der Waals surface area contributed by atoms with Gasteiger partial charge in [-0.1, -0.05) is 37.2 Å². The third-order valence-corrected chi connectivity index (χ3v) is 3.81. The number of rotatable bonds is 2. The van der Waals surface area contributed by atoms with E-state index in [-0.39, 0.29) is 0 Å². The minimum absolute atomic E-state index is 0.987. The van der Waals surface area contributed by atoms with Gasteiger partial charge in [0.1, 0.15) is 11.4 Å². The second kappa shape index (κ2) is 4.37. The van der Waals surface area contributed by atoms with Gasteiger partial charge in [0.25, 0.3) is 0 Å². The van der Waals surface area contributed by atoms with E-state index < -0.39 is 0 Å². The van der Waals surface area contributed by atoms with Gasteiger partial charge in [0.05, 0.1) is 17.1 Å². The average molecular weight is 243 g/mol. The molecule has 0 radical (unpaired) electrons. The molecule has 3 rings (SSSR count). The van der Waals surface area contributed by atoms with Gasteiger partial charge in [-0.05, 0) is 18.6 Å². The predicted octanol–water partition coefficient (Wildman–Crippen LogP) is 3.64. The number of benzene rings is 1. The van der Waals surface area contributed by atoms with E-state index in [0.717, 1.165) is 34.9 Å². The van der Waals surface area contributed by atoms with E-state index in [1.807, 2.05) is 12.1 Å². The second-order valence-corrected chi connectivity index (χ2v) is 5.00. The zero-order valence-corrected chi connectivity index (χ0v) is 10.4. The zero-order chi connectivity index (χ0) is 11.7. The maximum atomic E-state index is 4.37. The molecule has 1 aliphatic heterocycles. The minimum atomic E-state index is 0.987. The average Bonchev–Trinajstić information content (AvgIpc) is 2.37. The SMILES string of the molecule is CCCc1ncnc2c1Nc1ccccc1S2. The van der Waals surface area contributed by atoms with Gasteiger partial charge in [-0.3, -0.25) is 0 Å². The molecule has 0 saturated carbocycles. The molecule has 0 amide bonds. The number of hydrogen-bond acceptors (Lipinski definition) is 4. The van der Waals surface area contributed by atoms with Crippen molar-refractivity contribution in [1.82, 2.24) is 9.97 Å². The first kappa shape index (κ1) is 10.6. The number of para-hydroxylation sites is 1. The lowest BCUT2D eigenvalue weighted by molar-refractivity contribution is 0.857. The highest BCUT2D eigenvalue weighted by atomic mass is 32.2. The summed E-state index contributed by atoms with van der Waals surface area (Å²) in [6, 6.07) is 8.29. The van der Waals surface area contributed by atoms with E-state index in [9.17, 15) is 0 Å². The summed E-state index contributed by atoms with van der Waals surface area (Å²) >= 11 is 1.71. The van der Waals surface area contributed by atoms with E-state index in [1.165, 1.54) is 4.90 Å². The van der Waals surface area contributed by atoms with Gasteiger partial charge >= 0.3 is 0 Å². The van der Waals surface area contributed by atoms with Crippen LogP contribution in [0.15, 0.2) is 40.5 Å². The monoisotopic (exact) mass is 243 g/mol. The first-order chi connectivity index (χ1) is 8.38. The van der Waals surface area contributed by atoms with Gasteiger partial charge < -0.3 is 5.32 Å². The van der Waals surface area contributed by atoms with Gasteiger partial charge in [-0.2, -0.15) is 0 Å². The normalized spacial score (nSPS) is 12.5. The van der Waals surface area contributed by atoms with Crippen molar-refractivity contribution in [2.75, 3.05) is 5.32 Å². The summed E-state index contributed by atoms with van der Waals surface area (Å²) in [6.45, 7) is 2.17. The summed E-state index contributed by atoms with van der Waals surface area (Å²) in [4.78, 5) is 9.94. The predicted molar refractivity (Wildman–Crippen MR) is 69.9 cm³/mol. The van der Waals surface area contributed by atoms with Crippen molar-refractivity contribution in [3.63, 3.8) is 0 Å². The van der Waals surface area contributed by atoms with E-state index in [4.69, 9.17) is 0 Å². The van der Waals surface area contributed by atoms with Crippen molar-refractivity contribution < 1.29 is 0 Å². The molecule has 3 nitrogen and oxygen atoms in total. The van der Waals surface area contributed by atoms with E-state index in [2.05, 4.69) is 34.3 Å². The van der Waals surface area contributed by atoms with Crippen molar-refractivity contribution in [2.45, 2.75) is 29.7 Å². The van der Waals surface area contributed by atoms with Crippen molar-refractivity contribution in [3.05, 3.63) is 36.3 Å². The quantitative estimate of drug-likeness (QED) is 0.697. The van der Waals surface area contributed by atoms with Crippen LogP contribution in [0.4, 0.5) is 11.4 Å². The fraction of sp³-hybridized carbons (Fsp3) is 0.231. The van der Waals surface area contributed by atoms with Crippen molar-refractivity contribution >= 4 is 23.1 Å². The molecule has 4 heteroatoms. The zero-order valence-electron chi connectivity index (χ0n) is 9.60. The van der Waals surface area contributed by atoms with Crippen LogP contribution in [0.5, 0.6) is 0 Å². The van der Waals surface area contributed by atoms with Crippen LogP contribution in [-0.2, 0) is 6.42 Å². The van der Waals surface area contributed by atoms with Crippen molar-refractivity contribution in [2.24, 2.45) is 0 Å². The Balaban J connectivity index is 2.05. The van der Waals surface area contributed by atoms with Crippen LogP contribution in [0.2, 0.25) is 0 Å². The number of aryl methyl sites for hydroxylation is 1. The standard InChI is InChI=1S/C13H13N3S/c1-2-5-10-12-13(15-8-14-10)17-11-7-4-3-6-9(11)16-12/h3-4,6-8,16H,2,5H2,1H3. The number of aromatic nitrogens is 2. The summed E-state index contributed by atoms with van der Waals surface area (Å²) < 4.78 is 0. The molecule has 0 saturated heterocycles. The summed E-state index contributed by atoms with van der Waals surface area (Å²) in [7, 11) is 0. The number of nitrogens with one attached hydrogen (secondary N) is 1. The van der Waals surface area contributed by atoms with Gasteiger partial charge in [0.2, 0.25) is 0 Å². The molecule has 0 spiro atoms. The molecule has 17 heavy (non-hydrogen) atoms. The molecule has 0 fully saturated rings. The Hall–Kier alpha value is -1.55. The third kappa shape index (κ3) is 1.89. The smallest absolute Gasteiger partial charge is 0.128 e. The van der Waals surface area contributed by atoms with Crippen molar-refractivity contribution in [3.8, 4) is 0 Å². The van der Waals surface area contributed by atoms with Gasteiger partial charge in [0, 0.05) is 4.90 Å². The topological polar surface area (TPSA) is 37.8 Å². The third-order valence-electron chi connectivity index (χ3n) is 2.73. The number of anilines is 2. The molecule has 0 bridgehead atoms. The van der Waals surface area contributed by atoms with Crippen LogP contribution in [0.3, 0.4) is 0 Å². The molecule has 1 aromatic carbocycles. The number of nitrogens with zero attached hydrogens (tertiary/aromatic N) is 2. The highest BCUT2D eigenvalue weighted by Crippen LogP contribution is 2.43. The van der Waals surface area contributed by atoms with Crippen LogP contribution in [-0.4, -0.2) is 9.97 Å². The van der Waals surface area contributed by atoms with Crippen LogP contribution >= 0.6 is 11.8 Å². The molecule has 0 unspecified atom stereocenters. The van der Waals surface area contributed by atoms with Gasteiger partial charge in [-0.15, -0.1) is 0 Å². The molecule has 2 aromatic rings. The number of fused-ring (bicyclic) bond motifs is 2. The summed E-state index contributed by atoms with van der Waals surface area (Å²) in [5.74, 6) is 0. The minimum Gasteiger partial charge on any atom is -0.351 e. The van der Waals surface area contributed by atoms with E-state index in [0.29, 0.717) is 0 Å². The van der Waals surface area contributed by atoms with Crippen LogP contribution in [0.25, 0.3) is 0 Å². The van der Waals surface area contributed by atoms with Crippen molar-refractivity contribution in [1.29, 1.82) is 0 Å². The molecular weight excluding hydrogens is 230 g/mol. The lowest BCUT2D eigenvalue weighted by Gasteiger charge is -2.21. The molecule has 1 N–H and O–H groups in total. The lowest BCUT2D eigenvalue weighted by atomic mass is 10.2. The molecule has 0 aliphatic carbocycles. The summed E-state index contributed by atoms with van der Waals surface area (Å²) in [6.07, 6.45) is 3.74. The molecule has 1 aliphatic rings. The number of hydrogen-bond donors (Lipinski definition) is 1. The van der Waals surface area contributed by atoms with Gasteiger partial charge in [0.15, 0.2) is 0 Å². The van der Waals surface area contributed by atoms with Crippen LogP contribution in [0.1, 0.15) is 19.0 Å². The first-order valence-corrected chi connectivity index (χ1v) is 6.58. The molecular formula is C13H13N3S. The highest BCUT2D eigenvalue weighted by Gasteiger charge is 2.19. The maximum Gasteiger partial charge on any atom is 0.128 e. The van der Waals surface area contributed by atoms with E-state index >= 15 is 0 Å². The summed E-state index contributed by atoms with van der Waals surface area (Å²) in [5, 5.41) is 4.48. The van der Waals surface area contributed by atoms with E-state index in [1.54, 1.807) is 18.1 Å². The molecule has 0 atom stereocenters. The van der Waals surface area contributed by atoms with Gasteiger partial charge in [-0.25, -0.2) is 9.97 Å². The Morgan fingerprint density at radius 3 is 3.00 bits per heavy atom. The largest absolute Gasteiger partial charge is 0.351 e. The Morgan fingerprint density at radius 2 is 2.12 bits per heavy atom. The lowest BCUT2D eigenvalue weighted by Crippen LogP contribution is -2.06. The Kier molecular flexibility index (Phi) is 2.73. The summed E-state index contributed by atoms with van der Waals surface area (Å²) in [5.41, 5.74) is 3.34. The second-order valence-electron chi connectivity index (χ2n) is 3.97. The highest BCUT2D eigenvalue weighted by molar-refractivity contribution is 7.99. The molecule has 2 heterocycles. The Bertz CT molecular complexity index is 554. The molecule has 1 aromatic heterocycles. The maximum absolute atomic E-state index is 4.37. The Morgan fingerprint density at radius 1 is 1.24 bits per heavy atom.